The number of nitrogens with zero attached hydrogens (tertiary/aromatic N) is 3. The minimum atomic E-state index is -0.234. The fraction of sp³-hybridized carbons (Fsp3) is 0.0800. The molecule has 0 aliphatic heterocycles. The van der Waals surface area contributed by atoms with Crippen molar-refractivity contribution in [2.24, 2.45) is 0 Å². The second-order valence-corrected chi connectivity index (χ2v) is 7.25. The summed E-state index contributed by atoms with van der Waals surface area (Å²) in [5, 5.41) is 1.04. The zero-order valence-electron chi connectivity index (χ0n) is 16.4. The number of aromatic amines is 1. The molecule has 0 spiro atoms. The van der Waals surface area contributed by atoms with Gasteiger partial charge in [-0.3, -0.25) is 9.97 Å². The van der Waals surface area contributed by atoms with Crippen LogP contribution < -0.4 is 0 Å². The first kappa shape index (κ1) is 18.2. The van der Waals surface area contributed by atoms with Crippen molar-refractivity contribution in [2.45, 2.75) is 13.3 Å². The lowest BCUT2D eigenvalue weighted by atomic mass is 10.1. The van der Waals surface area contributed by atoms with Crippen molar-refractivity contribution in [3.05, 3.63) is 102 Å². The molecule has 0 aliphatic carbocycles. The van der Waals surface area contributed by atoms with Crippen LogP contribution in [-0.4, -0.2) is 19.9 Å². The van der Waals surface area contributed by atoms with E-state index in [0.29, 0.717) is 17.8 Å². The van der Waals surface area contributed by atoms with E-state index in [1.807, 2.05) is 55.5 Å². The number of rotatable bonds is 4. The van der Waals surface area contributed by atoms with Crippen molar-refractivity contribution >= 4 is 10.9 Å². The van der Waals surface area contributed by atoms with Gasteiger partial charge in [-0.2, -0.15) is 0 Å². The highest BCUT2D eigenvalue weighted by Crippen LogP contribution is 2.31. The summed E-state index contributed by atoms with van der Waals surface area (Å²) in [5.74, 6) is 0.460. The lowest BCUT2D eigenvalue weighted by Crippen LogP contribution is -1.94. The Hall–Kier alpha value is -3.86. The zero-order chi connectivity index (χ0) is 20.5. The molecule has 3 heterocycles. The molecule has 0 aliphatic rings. The molecule has 5 rings (SSSR count). The molecule has 0 fully saturated rings. The van der Waals surface area contributed by atoms with E-state index in [2.05, 4.69) is 21.0 Å². The van der Waals surface area contributed by atoms with Crippen LogP contribution in [0, 0.1) is 12.7 Å². The van der Waals surface area contributed by atoms with Crippen LogP contribution in [0.5, 0.6) is 0 Å². The number of imidazole rings is 1. The largest absolute Gasteiger partial charge is 0.340 e. The number of halogens is 1. The molecule has 0 radical (unpaired) electrons. The van der Waals surface area contributed by atoms with E-state index in [1.165, 1.54) is 6.07 Å². The molecule has 0 saturated carbocycles. The topological polar surface area (TPSA) is 54.5 Å². The van der Waals surface area contributed by atoms with E-state index >= 15 is 0 Å². The lowest BCUT2D eigenvalue weighted by molar-refractivity contribution is 0.612. The molecular weight excluding hydrogens is 375 g/mol. The van der Waals surface area contributed by atoms with Crippen LogP contribution in [-0.2, 0) is 6.42 Å². The van der Waals surface area contributed by atoms with Gasteiger partial charge in [-0.15, -0.1) is 0 Å². The number of benzene rings is 2. The summed E-state index contributed by atoms with van der Waals surface area (Å²) in [5.41, 5.74) is 5.85. The van der Waals surface area contributed by atoms with Crippen LogP contribution >= 0.6 is 0 Å². The number of pyridine rings is 2. The highest BCUT2D eigenvalue weighted by molar-refractivity contribution is 5.86. The zero-order valence-corrected chi connectivity index (χ0v) is 16.4. The van der Waals surface area contributed by atoms with Crippen LogP contribution in [0.2, 0.25) is 0 Å². The number of aryl methyl sites for hydroxylation is 1. The summed E-state index contributed by atoms with van der Waals surface area (Å²) in [6.07, 6.45) is 2.16. The molecule has 5 heteroatoms. The molecule has 146 valence electrons. The summed E-state index contributed by atoms with van der Waals surface area (Å²) in [4.78, 5) is 17.3. The Bertz CT molecular complexity index is 1360. The first-order valence-electron chi connectivity index (χ1n) is 9.79. The van der Waals surface area contributed by atoms with E-state index in [-0.39, 0.29) is 5.82 Å². The molecule has 0 amide bonds. The van der Waals surface area contributed by atoms with E-state index in [1.54, 1.807) is 18.3 Å². The normalized spacial score (nSPS) is 11.1. The third-order valence-corrected chi connectivity index (χ3v) is 5.09. The highest BCUT2D eigenvalue weighted by atomic mass is 19.1. The third kappa shape index (κ3) is 3.46. The molecule has 0 unspecified atom stereocenters. The Labute approximate surface area is 173 Å². The first-order chi connectivity index (χ1) is 14.7. The van der Waals surface area contributed by atoms with E-state index in [0.717, 1.165) is 39.2 Å². The van der Waals surface area contributed by atoms with Crippen molar-refractivity contribution in [1.29, 1.82) is 0 Å². The average Bonchev–Trinajstić information content (AvgIpc) is 3.19. The van der Waals surface area contributed by atoms with E-state index in [9.17, 15) is 4.39 Å². The molecule has 5 aromatic rings. The van der Waals surface area contributed by atoms with Crippen molar-refractivity contribution < 1.29 is 4.39 Å². The van der Waals surface area contributed by atoms with Gasteiger partial charge in [0.1, 0.15) is 11.6 Å². The second kappa shape index (κ2) is 7.52. The molecule has 0 atom stereocenters. The predicted molar refractivity (Wildman–Crippen MR) is 116 cm³/mol. The summed E-state index contributed by atoms with van der Waals surface area (Å²) in [6.45, 7) is 1.96. The second-order valence-electron chi connectivity index (χ2n) is 7.25. The van der Waals surface area contributed by atoms with Crippen LogP contribution in [0.3, 0.4) is 0 Å². The van der Waals surface area contributed by atoms with Gasteiger partial charge >= 0.3 is 0 Å². The first-order valence-corrected chi connectivity index (χ1v) is 9.79. The van der Waals surface area contributed by atoms with E-state index < -0.39 is 0 Å². The lowest BCUT2D eigenvalue weighted by Gasteiger charge is -2.05. The SMILES string of the molecule is Cc1cccc(-c2[nH]c(Cc3ccccc3F)nc2-c2ccc3ncccc3c2)n1. The smallest absolute Gasteiger partial charge is 0.126 e. The fourth-order valence-corrected chi connectivity index (χ4v) is 3.63. The average molecular weight is 394 g/mol. The quantitative estimate of drug-likeness (QED) is 0.424. The van der Waals surface area contributed by atoms with Gasteiger partial charge < -0.3 is 4.98 Å². The Kier molecular flexibility index (Phi) is 4.56. The maximum atomic E-state index is 14.2. The molecule has 0 bridgehead atoms. The molecule has 2 aromatic carbocycles. The predicted octanol–water partition coefficient (Wildman–Crippen LogP) is 5.73. The Balaban J connectivity index is 1.65. The minimum absolute atomic E-state index is 0.234. The summed E-state index contributed by atoms with van der Waals surface area (Å²) < 4.78 is 14.2. The van der Waals surface area contributed by atoms with Crippen LogP contribution in [0.4, 0.5) is 4.39 Å². The van der Waals surface area contributed by atoms with Crippen LogP contribution in [0.1, 0.15) is 17.1 Å². The van der Waals surface area contributed by atoms with Crippen molar-refractivity contribution in [3.63, 3.8) is 0 Å². The third-order valence-electron chi connectivity index (χ3n) is 5.09. The van der Waals surface area contributed by atoms with Crippen molar-refractivity contribution in [1.82, 2.24) is 19.9 Å². The van der Waals surface area contributed by atoms with Crippen molar-refractivity contribution in [3.8, 4) is 22.6 Å². The molecule has 4 nitrogen and oxygen atoms in total. The van der Waals surface area contributed by atoms with Crippen molar-refractivity contribution in [2.75, 3.05) is 0 Å². The Morgan fingerprint density at radius 2 is 1.80 bits per heavy atom. The van der Waals surface area contributed by atoms with Crippen LogP contribution in [0.15, 0.2) is 79.0 Å². The van der Waals surface area contributed by atoms with Gasteiger partial charge in [-0.05, 0) is 48.9 Å². The van der Waals surface area contributed by atoms with Gasteiger partial charge in [0, 0.05) is 29.3 Å². The number of H-pyrrole nitrogens is 1. The summed E-state index contributed by atoms with van der Waals surface area (Å²) >= 11 is 0. The molecular formula is C25H19FN4. The summed E-state index contributed by atoms with van der Waals surface area (Å²) in [6, 6.07) is 22.7. The molecule has 30 heavy (non-hydrogen) atoms. The Morgan fingerprint density at radius 1 is 0.900 bits per heavy atom. The van der Waals surface area contributed by atoms with Gasteiger partial charge in [0.05, 0.1) is 22.6 Å². The van der Waals surface area contributed by atoms with Gasteiger partial charge in [0.25, 0.3) is 0 Å². The monoisotopic (exact) mass is 394 g/mol. The molecule has 3 aromatic heterocycles. The Morgan fingerprint density at radius 3 is 2.67 bits per heavy atom. The molecule has 1 N–H and O–H groups in total. The molecule has 0 saturated heterocycles. The number of fused-ring (bicyclic) bond motifs is 1. The number of nitrogens with one attached hydrogen (secondary N) is 1. The maximum Gasteiger partial charge on any atom is 0.126 e. The van der Waals surface area contributed by atoms with E-state index in [4.69, 9.17) is 4.98 Å². The number of hydrogen-bond donors (Lipinski definition) is 1. The van der Waals surface area contributed by atoms with Crippen LogP contribution in [0.25, 0.3) is 33.5 Å². The summed E-state index contributed by atoms with van der Waals surface area (Å²) in [7, 11) is 0. The number of aromatic nitrogens is 4. The fourth-order valence-electron chi connectivity index (χ4n) is 3.63. The van der Waals surface area contributed by atoms with Gasteiger partial charge in [0.15, 0.2) is 0 Å². The maximum absolute atomic E-state index is 14.2. The highest BCUT2D eigenvalue weighted by Gasteiger charge is 2.17. The standard InChI is InChI=1S/C25H19FN4/c1-16-6-4-10-22(28-16)25-24(19-11-12-21-18(14-19)8-5-13-27-21)29-23(30-25)15-17-7-2-3-9-20(17)26/h2-14H,15H2,1H3,(H,29,30). The van der Waals surface area contributed by atoms with Gasteiger partial charge in [0.2, 0.25) is 0 Å². The number of hydrogen-bond acceptors (Lipinski definition) is 3. The van der Waals surface area contributed by atoms with Gasteiger partial charge in [-0.25, -0.2) is 9.37 Å². The minimum Gasteiger partial charge on any atom is -0.340 e. The van der Waals surface area contributed by atoms with Gasteiger partial charge in [-0.1, -0.05) is 36.4 Å².